The van der Waals surface area contributed by atoms with Gasteiger partial charge in [0.1, 0.15) is 0 Å². The molecule has 9 nitrogen and oxygen atoms in total. The second-order valence-electron chi connectivity index (χ2n) is 8.83. The largest absolute Gasteiger partial charge is 0.504 e. The first-order valence-electron chi connectivity index (χ1n) is 13.2. The van der Waals surface area contributed by atoms with Gasteiger partial charge < -0.3 is 44.5 Å². The molecular formula is C32H44Cl2O9. The van der Waals surface area contributed by atoms with Crippen molar-refractivity contribution >= 4 is 23.2 Å². The minimum absolute atomic E-state index is 0.122. The summed E-state index contributed by atoms with van der Waals surface area (Å²) < 4.78 is 20.0. The molecule has 11 heteroatoms. The summed E-state index contributed by atoms with van der Waals surface area (Å²) in [6.07, 6.45) is 4.05. The van der Waals surface area contributed by atoms with Gasteiger partial charge in [-0.3, -0.25) is 0 Å². The number of phenols is 3. The van der Waals surface area contributed by atoms with Crippen LogP contribution in [0.5, 0.6) is 34.5 Å². The molecule has 0 amide bonds. The average Bonchev–Trinajstić information content (AvgIpc) is 3.82. The van der Waals surface area contributed by atoms with Gasteiger partial charge in [0.15, 0.2) is 34.5 Å². The highest BCUT2D eigenvalue weighted by atomic mass is 35.5. The van der Waals surface area contributed by atoms with E-state index in [1.165, 1.54) is 14.2 Å². The molecule has 1 aliphatic rings. The number of rotatable bonds is 9. The molecule has 1 heterocycles. The molecule has 2 unspecified atom stereocenters. The highest BCUT2D eigenvalue weighted by Crippen LogP contribution is 2.29. The summed E-state index contributed by atoms with van der Waals surface area (Å²) >= 11 is 9.53. The monoisotopic (exact) mass is 642 g/mol. The van der Waals surface area contributed by atoms with Gasteiger partial charge in [0.25, 0.3) is 0 Å². The predicted molar refractivity (Wildman–Crippen MR) is 171 cm³/mol. The predicted octanol–water partition coefficient (Wildman–Crippen LogP) is 5.83. The van der Waals surface area contributed by atoms with Crippen LogP contribution in [0.4, 0.5) is 0 Å². The molecule has 2 atom stereocenters. The maximum absolute atomic E-state index is 9.33. The molecule has 3 aromatic carbocycles. The number of alkyl halides is 2. The van der Waals surface area contributed by atoms with E-state index in [-0.39, 0.29) is 28.7 Å². The number of benzene rings is 3. The zero-order chi connectivity index (χ0) is 32.8. The lowest BCUT2D eigenvalue weighted by molar-refractivity contribution is 0.195. The number of allylic oxidation sites excluding steroid dienone is 1. The lowest BCUT2D eigenvalue weighted by Crippen LogP contribution is -2.04. The van der Waals surface area contributed by atoms with E-state index < -0.39 is 0 Å². The van der Waals surface area contributed by atoms with Crippen molar-refractivity contribution in [1.29, 1.82) is 0 Å². The number of aromatic hydroxyl groups is 3. The Bertz CT molecular complexity index is 1130. The first kappa shape index (κ1) is 39.7. The Kier molecular flexibility index (Phi) is 21.4. The first-order chi connectivity index (χ1) is 20.6. The summed E-state index contributed by atoms with van der Waals surface area (Å²) in [6, 6.07) is 15.7. The number of phenolic OH excluding ortho intramolecular Hbond substituents is 3. The fourth-order valence-corrected chi connectivity index (χ4v) is 3.50. The van der Waals surface area contributed by atoms with Gasteiger partial charge in [0.2, 0.25) is 0 Å². The van der Waals surface area contributed by atoms with E-state index in [9.17, 15) is 15.3 Å². The molecule has 3 aromatic rings. The van der Waals surface area contributed by atoms with Crippen molar-refractivity contribution in [2.75, 3.05) is 40.4 Å². The van der Waals surface area contributed by atoms with Crippen molar-refractivity contribution in [3.05, 3.63) is 83.9 Å². The van der Waals surface area contributed by atoms with E-state index in [4.69, 9.17) is 52.4 Å². The van der Waals surface area contributed by atoms with Crippen molar-refractivity contribution in [1.82, 2.24) is 0 Å². The van der Waals surface area contributed by atoms with Crippen LogP contribution in [0.2, 0.25) is 0 Å². The molecule has 5 N–H and O–H groups in total. The third-order valence-electron chi connectivity index (χ3n) is 5.51. The lowest BCUT2D eigenvalue weighted by atomic mass is 10.1. The molecule has 0 bridgehead atoms. The maximum atomic E-state index is 9.33. The van der Waals surface area contributed by atoms with Crippen LogP contribution in [0.3, 0.4) is 0 Å². The normalized spacial score (nSPS) is 13.0. The van der Waals surface area contributed by atoms with E-state index in [1.807, 2.05) is 24.3 Å². The van der Waals surface area contributed by atoms with Crippen LogP contribution >= 0.6 is 23.2 Å². The van der Waals surface area contributed by atoms with Crippen molar-refractivity contribution in [3.8, 4) is 34.5 Å². The summed E-state index contributed by atoms with van der Waals surface area (Å²) in [5.41, 5.74) is 3.17. The molecule has 43 heavy (non-hydrogen) atoms. The smallest absolute Gasteiger partial charge is 0.160 e. The highest BCUT2D eigenvalue weighted by molar-refractivity contribution is 6.40. The quantitative estimate of drug-likeness (QED) is 0.111. The van der Waals surface area contributed by atoms with Crippen LogP contribution in [0, 0.1) is 0 Å². The topological polar surface area (TPSA) is 141 Å². The number of aliphatic hydroxyl groups excluding tert-OH is 2. The third kappa shape index (κ3) is 16.8. The number of aliphatic hydroxyl groups is 2. The Labute approximate surface area is 264 Å². The van der Waals surface area contributed by atoms with Gasteiger partial charge in [-0.2, -0.15) is 0 Å². The molecular weight excluding hydrogens is 599 g/mol. The van der Waals surface area contributed by atoms with Gasteiger partial charge in [0, 0.05) is 13.5 Å². The van der Waals surface area contributed by atoms with E-state index in [1.54, 1.807) is 50.4 Å². The number of hydrogen-bond donors (Lipinski definition) is 5. The highest BCUT2D eigenvalue weighted by Gasteiger charge is 2.22. The Hall–Kier alpha value is -3.34. The average molecular weight is 644 g/mol. The zero-order valence-corrected chi connectivity index (χ0v) is 26.8. The second kappa shape index (κ2) is 23.2. The molecule has 1 fully saturated rings. The van der Waals surface area contributed by atoms with Crippen molar-refractivity contribution in [3.63, 3.8) is 0 Å². The SMILES string of the molecule is C=CCc1ccc(O)c(OC)c1.CO.COc1cc(CC(C)O)ccc1O.COc1cc(CC2CO2)ccc1O.ClCCl. The van der Waals surface area contributed by atoms with Gasteiger partial charge in [-0.05, 0) is 72.9 Å². The Morgan fingerprint density at radius 3 is 1.56 bits per heavy atom. The molecule has 0 spiro atoms. The van der Waals surface area contributed by atoms with Crippen LogP contribution < -0.4 is 14.2 Å². The van der Waals surface area contributed by atoms with Gasteiger partial charge in [0.05, 0.1) is 45.5 Å². The summed E-state index contributed by atoms with van der Waals surface area (Å²) in [7, 11) is 5.58. The molecule has 0 saturated carbocycles. The molecule has 0 aromatic heterocycles. The lowest BCUT2D eigenvalue weighted by Gasteiger charge is -2.07. The van der Waals surface area contributed by atoms with Crippen LogP contribution in [-0.2, 0) is 24.0 Å². The van der Waals surface area contributed by atoms with Gasteiger partial charge >= 0.3 is 0 Å². The van der Waals surface area contributed by atoms with Crippen LogP contribution in [0.25, 0.3) is 0 Å². The van der Waals surface area contributed by atoms with E-state index in [0.29, 0.717) is 29.8 Å². The standard InChI is InChI=1S/C10H12O3.C10H14O3.C10H12O2.CH2Cl2.CH4O/c1-12-10-5-7(2-3-9(10)11)4-8-6-13-8;1-7(11)5-8-3-4-9(12)10(6-8)13-2;1-3-4-8-5-6-9(11)10(7-8)12-2;2-1-3;1-2/h2-3,5,8,11H,4,6H2,1H3;3-4,6-7,11-12H,5H2,1-2H3;3,5-7,11H,1,4H2,2H3;1H2;2H,1H3. The van der Waals surface area contributed by atoms with Crippen molar-refractivity contribution in [2.24, 2.45) is 0 Å². The van der Waals surface area contributed by atoms with Crippen LogP contribution in [0.1, 0.15) is 23.6 Å². The number of halogens is 2. The molecule has 1 saturated heterocycles. The summed E-state index contributed by atoms with van der Waals surface area (Å²) in [4.78, 5) is 0. The van der Waals surface area contributed by atoms with Crippen LogP contribution in [-0.4, -0.2) is 78.1 Å². The van der Waals surface area contributed by atoms with Gasteiger partial charge in [-0.1, -0.05) is 24.3 Å². The zero-order valence-electron chi connectivity index (χ0n) is 25.3. The van der Waals surface area contributed by atoms with E-state index in [2.05, 4.69) is 6.58 Å². The van der Waals surface area contributed by atoms with Gasteiger partial charge in [-0.25, -0.2) is 0 Å². The molecule has 1 aliphatic heterocycles. The molecule has 240 valence electrons. The van der Waals surface area contributed by atoms with Crippen LogP contribution in [0.15, 0.2) is 67.3 Å². The van der Waals surface area contributed by atoms with E-state index >= 15 is 0 Å². The van der Waals surface area contributed by atoms with Gasteiger partial charge in [-0.15, -0.1) is 29.8 Å². The van der Waals surface area contributed by atoms with E-state index in [0.717, 1.165) is 43.2 Å². The fraction of sp³-hybridized carbons (Fsp3) is 0.375. The molecule has 4 rings (SSSR count). The number of hydrogen-bond acceptors (Lipinski definition) is 9. The van der Waals surface area contributed by atoms with Crippen molar-refractivity contribution in [2.45, 2.75) is 38.4 Å². The Morgan fingerprint density at radius 1 is 0.814 bits per heavy atom. The number of ether oxygens (including phenoxy) is 4. The van der Waals surface area contributed by atoms with Crippen molar-refractivity contribution < 1.29 is 44.5 Å². The Morgan fingerprint density at radius 2 is 1.19 bits per heavy atom. The number of methoxy groups -OCH3 is 3. The first-order valence-corrected chi connectivity index (χ1v) is 14.2. The summed E-state index contributed by atoms with van der Waals surface area (Å²) in [5.74, 6) is 1.95. The Balaban J connectivity index is 0.000000572. The number of epoxide rings is 1. The second-order valence-corrected chi connectivity index (χ2v) is 9.63. The maximum Gasteiger partial charge on any atom is 0.160 e. The third-order valence-corrected chi connectivity index (χ3v) is 5.51. The molecule has 0 aliphatic carbocycles. The minimum atomic E-state index is -0.380. The summed E-state index contributed by atoms with van der Waals surface area (Å²) in [5, 5.41) is 44.2. The minimum Gasteiger partial charge on any atom is -0.504 e. The fourth-order valence-electron chi connectivity index (χ4n) is 3.50. The molecule has 0 radical (unpaired) electrons. The summed E-state index contributed by atoms with van der Waals surface area (Å²) in [6.45, 7) is 6.20.